The topological polar surface area (TPSA) is 79.3 Å². The quantitative estimate of drug-likeness (QED) is 0.754. The first-order valence-electron chi connectivity index (χ1n) is 5.34. The van der Waals surface area contributed by atoms with Crippen LogP contribution in [0.3, 0.4) is 0 Å². The van der Waals surface area contributed by atoms with Crippen molar-refractivity contribution in [3.63, 3.8) is 0 Å². The third kappa shape index (κ3) is 2.38. The average Bonchev–Trinajstić information content (AvgIpc) is 3.05. The molecule has 19 heavy (non-hydrogen) atoms. The number of carboxylic acid groups (broad SMARTS) is 1. The Bertz CT molecular complexity index is 538. The minimum atomic E-state index is -5.08. The summed E-state index contributed by atoms with van der Waals surface area (Å²) in [4.78, 5) is 24.5. The van der Waals surface area contributed by atoms with Crippen LogP contribution in [0.1, 0.15) is 18.4 Å². The number of carbonyl (C=O) groups excluding carboxylic acids is 1. The molecule has 1 saturated carbocycles. The number of carboxylic acids is 1. The van der Waals surface area contributed by atoms with Gasteiger partial charge in [-0.3, -0.25) is 4.79 Å². The van der Waals surface area contributed by atoms with Crippen LogP contribution in [-0.4, -0.2) is 28.1 Å². The molecule has 1 aliphatic heterocycles. The minimum absolute atomic E-state index is 0.135. The van der Waals surface area contributed by atoms with E-state index in [4.69, 9.17) is 9.90 Å². The first-order chi connectivity index (χ1) is 8.77. The Balaban J connectivity index is 0.000000167. The first kappa shape index (κ1) is 13.3. The van der Waals surface area contributed by atoms with Gasteiger partial charge in [0.05, 0.1) is 5.41 Å². The number of rotatable bonds is 0. The molecule has 5 nitrogen and oxygen atoms in total. The fourth-order valence-corrected chi connectivity index (χ4v) is 1.86. The van der Waals surface area contributed by atoms with Gasteiger partial charge in [0.2, 0.25) is 5.91 Å². The molecule has 1 aromatic heterocycles. The molecule has 2 heterocycles. The fraction of sp³-hybridized carbons (Fsp3) is 0.364. The van der Waals surface area contributed by atoms with Crippen LogP contribution < -0.4 is 5.32 Å². The second-order valence-corrected chi connectivity index (χ2v) is 4.24. The molecule has 1 amide bonds. The number of hydrogen-bond donors (Lipinski definition) is 2. The highest BCUT2D eigenvalue weighted by atomic mass is 19.4. The van der Waals surface area contributed by atoms with Crippen molar-refractivity contribution in [2.45, 2.75) is 24.4 Å². The maximum absolute atomic E-state index is 11.5. The lowest BCUT2D eigenvalue weighted by atomic mass is 10.0. The van der Waals surface area contributed by atoms with Gasteiger partial charge in [0, 0.05) is 11.8 Å². The number of fused-ring (bicyclic) bond motifs is 2. The third-order valence-electron chi connectivity index (χ3n) is 2.98. The lowest BCUT2D eigenvalue weighted by molar-refractivity contribution is -0.192. The van der Waals surface area contributed by atoms with Gasteiger partial charge in [-0.25, -0.2) is 9.78 Å². The molecule has 0 aromatic carbocycles. The number of aliphatic carboxylic acids is 1. The highest BCUT2D eigenvalue weighted by Gasteiger charge is 2.56. The molecule has 0 saturated heterocycles. The van der Waals surface area contributed by atoms with E-state index in [0.29, 0.717) is 0 Å². The number of carbonyl (C=O) groups is 2. The molecule has 1 aliphatic carbocycles. The number of alkyl halides is 3. The van der Waals surface area contributed by atoms with Crippen LogP contribution in [0.2, 0.25) is 0 Å². The van der Waals surface area contributed by atoms with Crippen molar-refractivity contribution < 1.29 is 27.9 Å². The number of nitrogens with zero attached hydrogens (tertiary/aromatic N) is 1. The number of hydrogen-bond acceptors (Lipinski definition) is 3. The predicted octanol–water partition coefficient (Wildman–Crippen LogP) is 1.70. The van der Waals surface area contributed by atoms with Gasteiger partial charge in [-0.1, -0.05) is 6.07 Å². The number of nitrogens with one attached hydrogen (secondary N) is 1. The van der Waals surface area contributed by atoms with Crippen molar-refractivity contribution in [3.05, 3.63) is 23.9 Å². The lowest BCUT2D eigenvalue weighted by Crippen LogP contribution is -2.21. The molecular weight excluding hydrogens is 265 g/mol. The van der Waals surface area contributed by atoms with Crippen LogP contribution >= 0.6 is 0 Å². The number of amides is 1. The molecule has 0 atom stereocenters. The van der Waals surface area contributed by atoms with Gasteiger partial charge >= 0.3 is 12.1 Å². The molecular formula is C11H9F3N2O3. The normalized spacial score (nSPS) is 18.2. The summed E-state index contributed by atoms with van der Waals surface area (Å²) in [5.41, 5.74) is 0.916. The fourth-order valence-electron chi connectivity index (χ4n) is 1.86. The van der Waals surface area contributed by atoms with E-state index in [1.807, 2.05) is 12.1 Å². The summed E-state index contributed by atoms with van der Waals surface area (Å²) < 4.78 is 31.7. The largest absolute Gasteiger partial charge is 0.490 e. The minimum Gasteiger partial charge on any atom is -0.475 e. The number of aromatic nitrogens is 1. The number of halogens is 3. The first-order valence-corrected chi connectivity index (χ1v) is 5.34. The summed E-state index contributed by atoms with van der Waals surface area (Å²) in [5.74, 6) is -1.86. The molecule has 0 unspecified atom stereocenters. The van der Waals surface area contributed by atoms with Gasteiger partial charge in [-0.05, 0) is 18.9 Å². The van der Waals surface area contributed by atoms with Gasteiger partial charge in [0.1, 0.15) is 5.82 Å². The Morgan fingerprint density at radius 1 is 1.42 bits per heavy atom. The zero-order valence-electron chi connectivity index (χ0n) is 9.49. The molecule has 2 N–H and O–H groups in total. The van der Waals surface area contributed by atoms with E-state index in [9.17, 15) is 18.0 Å². The Labute approximate surface area is 105 Å². The maximum Gasteiger partial charge on any atom is 0.490 e. The zero-order chi connectivity index (χ0) is 14.3. The van der Waals surface area contributed by atoms with Gasteiger partial charge in [-0.2, -0.15) is 13.2 Å². The van der Waals surface area contributed by atoms with Crippen LogP contribution in [-0.2, 0) is 15.0 Å². The van der Waals surface area contributed by atoms with E-state index in [1.165, 1.54) is 0 Å². The van der Waals surface area contributed by atoms with Crippen molar-refractivity contribution in [3.8, 4) is 0 Å². The molecule has 1 fully saturated rings. The van der Waals surface area contributed by atoms with Crippen LogP contribution in [0, 0.1) is 0 Å². The molecule has 0 bridgehead atoms. The van der Waals surface area contributed by atoms with E-state index >= 15 is 0 Å². The lowest BCUT2D eigenvalue weighted by Gasteiger charge is -2.00. The monoisotopic (exact) mass is 274 g/mol. The summed E-state index contributed by atoms with van der Waals surface area (Å²) in [5, 5.41) is 9.93. The molecule has 0 radical (unpaired) electrons. The number of anilines is 1. The summed E-state index contributed by atoms with van der Waals surface area (Å²) in [6.45, 7) is 0. The SMILES string of the molecule is O=C(O)C(F)(F)F.O=C1Nc2ncccc2C12CC2. The molecule has 8 heteroatoms. The Morgan fingerprint density at radius 3 is 2.47 bits per heavy atom. The average molecular weight is 274 g/mol. The highest BCUT2D eigenvalue weighted by Crippen LogP contribution is 2.54. The van der Waals surface area contributed by atoms with E-state index in [1.54, 1.807) is 6.20 Å². The third-order valence-corrected chi connectivity index (χ3v) is 2.98. The molecule has 1 aromatic rings. The maximum atomic E-state index is 11.5. The second kappa shape index (κ2) is 4.22. The van der Waals surface area contributed by atoms with Crippen LogP contribution in [0.4, 0.5) is 19.0 Å². The standard InChI is InChI=1S/C9H8N2O.C2HF3O2/c12-8-9(3-4-9)6-2-1-5-10-7(6)11-8;3-2(4,5)1(6)7/h1-2,5H,3-4H2,(H,10,11,12);(H,6,7). The van der Waals surface area contributed by atoms with Crippen LogP contribution in [0.5, 0.6) is 0 Å². The van der Waals surface area contributed by atoms with E-state index in [2.05, 4.69) is 10.3 Å². The zero-order valence-corrected chi connectivity index (χ0v) is 9.49. The van der Waals surface area contributed by atoms with E-state index in [-0.39, 0.29) is 11.3 Å². The number of pyridine rings is 1. The van der Waals surface area contributed by atoms with Crippen molar-refractivity contribution >= 4 is 17.7 Å². The van der Waals surface area contributed by atoms with Crippen LogP contribution in [0.25, 0.3) is 0 Å². The Kier molecular flexibility index (Phi) is 2.95. The van der Waals surface area contributed by atoms with Gasteiger partial charge < -0.3 is 10.4 Å². The Morgan fingerprint density at radius 2 is 2.00 bits per heavy atom. The smallest absolute Gasteiger partial charge is 0.475 e. The van der Waals surface area contributed by atoms with E-state index in [0.717, 1.165) is 24.2 Å². The van der Waals surface area contributed by atoms with Crippen LogP contribution in [0.15, 0.2) is 18.3 Å². The molecule has 3 rings (SSSR count). The van der Waals surface area contributed by atoms with Crippen molar-refractivity contribution in [2.75, 3.05) is 5.32 Å². The molecule has 102 valence electrons. The van der Waals surface area contributed by atoms with Crippen molar-refractivity contribution in [1.82, 2.24) is 4.98 Å². The Hall–Kier alpha value is -2.12. The summed E-state index contributed by atoms with van der Waals surface area (Å²) in [6.07, 6.45) is -1.41. The van der Waals surface area contributed by atoms with Crippen molar-refractivity contribution in [1.29, 1.82) is 0 Å². The summed E-state index contributed by atoms with van der Waals surface area (Å²) in [7, 11) is 0. The molecule has 2 aliphatic rings. The summed E-state index contributed by atoms with van der Waals surface area (Å²) >= 11 is 0. The van der Waals surface area contributed by atoms with Crippen molar-refractivity contribution in [2.24, 2.45) is 0 Å². The molecule has 1 spiro atoms. The van der Waals surface area contributed by atoms with Gasteiger partial charge in [0.15, 0.2) is 0 Å². The van der Waals surface area contributed by atoms with Gasteiger partial charge in [0.25, 0.3) is 0 Å². The summed E-state index contributed by atoms with van der Waals surface area (Å²) in [6, 6.07) is 3.88. The highest BCUT2D eigenvalue weighted by molar-refractivity contribution is 6.07. The predicted molar refractivity (Wildman–Crippen MR) is 57.5 cm³/mol. The van der Waals surface area contributed by atoms with Gasteiger partial charge in [-0.15, -0.1) is 0 Å². The van der Waals surface area contributed by atoms with E-state index < -0.39 is 12.1 Å². The second-order valence-electron chi connectivity index (χ2n) is 4.24.